The number of carboxylic acids is 1. The van der Waals surface area contributed by atoms with Crippen LogP contribution >= 0.6 is 0 Å². The standard InChI is InChI=1S/C46H69NO10/c1-40(26-48)17-18-44(39(53)54)19-20-45-13-6-14-46(16-11-30(45)31(44)21-40)42(3)22-33(55-24-29-9-7-28(8-10-29)23-47-5)37(57-38-36(52)35(51)32(50)25-56-38)41(2,27-49)34(42)12-15-43(45,46)4/h7-11,31-38,47-52H,6,12-27H2,1-5H3,(H,53,54)/t31-,32+,33+,34?,35-,36+,37+,38+,40+,41-,42-,43-,44+,45+,46-/m0/s1. The molecule has 1 aromatic rings. The van der Waals surface area contributed by atoms with Gasteiger partial charge in [0, 0.05) is 18.6 Å². The summed E-state index contributed by atoms with van der Waals surface area (Å²) in [6.07, 6.45) is 5.85. The Bertz CT molecular complexity index is 1710. The van der Waals surface area contributed by atoms with Crippen molar-refractivity contribution >= 4 is 5.97 Å². The van der Waals surface area contributed by atoms with Gasteiger partial charge >= 0.3 is 5.97 Å². The summed E-state index contributed by atoms with van der Waals surface area (Å²) >= 11 is 0. The van der Waals surface area contributed by atoms with Crippen molar-refractivity contribution in [2.75, 3.05) is 26.9 Å². The largest absolute Gasteiger partial charge is 0.481 e. The van der Waals surface area contributed by atoms with Gasteiger partial charge in [0.1, 0.15) is 18.3 Å². The Morgan fingerprint density at radius 1 is 0.895 bits per heavy atom. The SMILES string of the molecule is CNCc1ccc(CO[C@@H]2C[C@@]3(C)C(CC[C@@]4(C)[C@@]56CCC[C@@]43CC=C5[C@@H]3C[C@](C)(CO)CC[C@@]3(C(=O)O)CC6)[C@](C)(CO)[C@@H]2O[C@H]2OC[C@@H](O)[C@H](O)[C@H]2O)cc1. The quantitative estimate of drug-likeness (QED) is 0.124. The molecule has 318 valence electrons. The lowest BCUT2D eigenvalue weighted by atomic mass is 9.25. The van der Waals surface area contributed by atoms with Crippen LogP contribution < -0.4 is 5.32 Å². The van der Waals surface area contributed by atoms with Crippen LogP contribution in [0.1, 0.15) is 116 Å². The first-order valence-corrected chi connectivity index (χ1v) is 21.8. The predicted octanol–water partition coefficient (Wildman–Crippen LogP) is 5.09. The van der Waals surface area contributed by atoms with Crippen LogP contribution in [0, 0.1) is 49.7 Å². The zero-order valence-electron chi connectivity index (χ0n) is 34.8. The fourth-order valence-corrected chi connectivity index (χ4v) is 15.2. The molecule has 1 aliphatic heterocycles. The van der Waals surface area contributed by atoms with E-state index in [1.165, 1.54) is 11.1 Å². The van der Waals surface area contributed by atoms with Crippen LogP contribution in [0.3, 0.4) is 0 Å². The van der Waals surface area contributed by atoms with Crippen LogP contribution in [-0.4, -0.2) is 100 Å². The van der Waals surface area contributed by atoms with Crippen molar-refractivity contribution < 1.29 is 49.6 Å². The van der Waals surface area contributed by atoms with Crippen LogP contribution in [0.4, 0.5) is 0 Å². The Hall–Kier alpha value is -1.93. The molecule has 6 aliphatic carbocycles. The van der Waals surface area contributed by atoms with E-state index in [1.807, 2.05) is 7.05 Å². The molecule has 1 unspecified atom stereocenters. The molecule has 1 saturated heterocycles. The van der Waals surface area contributed by atoms with Gasteiger partial charge in [-0.1, -0.05) is 70.0 Å². The summed E-state index contributed by atoms with van der Waals surface area (Å²) in [5.41, 5.74) is 0.847. The number of hydrogen-bond donors (Lipinski definition) is 7. The van der Waals surface area contributed by atoms with E-state index in [4.69, 9.17) is 14.2 Å². The molecule has 0 aromatic heterocycles. The number of nitrogens with one attached hydrogen (secondary N) is 1. The smallest absolute Gasteiger partial charge is 0.310 e. The normalized spacial score (nSPS) is 49.1. The van der Waals surface area contributed by atoms with Crippen molar-refractivity contribution in [2.24, 2.45) is 49.7 Å². The third-order valence-corrected chi connectivity index (χ3v) is 18.4. The molecule has 0 amide bonds. The average Bonchev–Trinajstić information content (AvgIpc) is 3.18. The van der Waals surface area contributed by atoms with Crippen molar-refractivity contribution in [3.05, 3.63) is 47.0 Å². The second kappa shape index (κ2) is 14.6. The molecule has 5 saturated carbocycles. The molecule has 6 fully saturated rings. The number of carboxylic acid groups (broad SMARTS) is 1. The first kappa shape index (κ1) is 41.8. The van der Waals surface area contributed by atoms with E-state index in [0.29, 0.717) is 32.3 Å². The zero-order valence-corrected chi connectivity index (χ0v) is 34.8. The van der Waals surface area contributed by atoms with Gasteiger partial charge in [-0.15, -0.1) is 0 Å². The lowest BCUT2D eigenvalue weighted by Gasteiger charge is -2.79. The molecule has 57 heavy (non-hydrogen) atoms. The molecule has 11 nitrogen and oxygen atoms in total. The molecule has 2 bridgehead atoms. The van der Waals surface area contributed by atoms with Crippen molar-refractivity contribution in [2.45, 2.75) is 155 Å². The Morgan fingerprint density at radius 2 is 1.61 bits per heavy atom. The molecule has 1 heterocycles. The van der Waals surface area contributed by atoms with Gasteiger partial charge in [-0.2, -0.15) is 0 Å². The molecule has 15 atom stereocenters. The van der Waals surface area contributed by atoms with Gasteiger partial charge in [-0.25, -0.2) is 0 Å². The second-order valence-electron chi connectivity index (χ2n) is 20.8. The highest BCUT2D eigenvalue weighted by Crippen LogP contribution is 2.84. The molecular weight excluding hydrogens is 727 g/mol. The van der Waals surface area contributed by atoms with E-state index < -0.39 is 53.6 Å². The van der Waals surface area contributed by atoms with Crippen molar-refractivity contribution in [3.8, 4) is 0 Å². The third-order valence-electron chi connectivity index (χ3n) is 18.4. The number of ether oxygens (including phenoxy) is 3. The minimum absolute atomic E-state index is 0.0177. The van der Waals surface area contributed by atoms with E-state index in [2.05, 4.69) is 63.4 Å². The van der Waals surface area contributed by atoms with Crippen LogP contribution in [0.5, 0.6) is 0 Å². The molecule has 1 aromatic carbocycles. The summed E-state index contributed by atoms with van der Waals surface area (Å²) in [6, 6.07) is 8.34. The number of aliphatic hydroxyl groups excluding tert-OH is 5. The van der Waals surface area contributed by atoms with Gasteiger partial charge in [-0.3, -0.25) is 4.79 Å². The minimum Gasteiger partial charge on any atom is -0.481 e. The van der Waals surface area contributed by atoms with E-state index in [0.717, 1.165) is 63.5 Å². The molecule has 0 radical (unpaired) electrons. The molecule has 8 rings (SSSR count). The number of allylic oxidation sites excluding steroid dienone is 2. The Balaban J connectivity index is 1.20. The van der Waals surface area contributed by atoms with Gasteiger partial charge in [0.15, 0.2) is 6.29 Å². The number of aliphatic carboxylic acids is 1. The number of benzene rings is 1. The summed E-state index contributed by atoms with van der Waals surface area (Å²) in [6.45, 7) is 10.00. The van der Waals surface area contributed by atoms with E-state index in [9.17, 15) is 35.4 Å². The summed E-state index contributed by atoms with van der Waals surface area (Å²) in [5, 5.41) is 68.4. The van der Waals surface area contributed by atoms with E-state index >= 15 is 0 Å². The fraction of sp³-hybridized carbons (Fsp3) is 0.804. The first-order chi connectivity index (χ1) is 27.0. The summed E-state index contributed by atoms with van der Waals surface area (Å²) in [5.74, 6) is -0.769. The Labute approximate surface area is 338 Å². The fourth-order valence-electron chi connectivity index (χ4n) is 15.2. The molecular formula is C46H69NO10. The maximum absolute atomic E-state index is 13.3. The number of rotatable bonds is 10. The minimum atomic E-state index is -1.48. The van der Waals surface area contributed by atoms with Crippen LogP contribution in [-0.2, 0) is 32.2 Å². The van der Waals surface area contributed by atoms with E-state index in [-0.39, 0.29) is 58.7 Å². The predicted molar refractivity (Wildman–Crippen MR) is 212 cm³/mol. The van der Waals surface area contributed by atoms with Crippen LogP contribution in [0.15, 0.2) is 35.9 Å². The second-order valence-corrected chi connectivity index (χ2v) is 20.8. The van der Waals surface area contributed by atoms with Crippen LogP contribution in [0.2, 0.25) is 0 Å². The first-order valence-electron chi connectivity index (χ1n) is 21.8. The number of aliphatic hydroxyl groups is 5. The van der Waals surface area contributed by atoms with Crippen molar-refractivity contribution in [1.82, 2.24) is 5.32 Å². The van der Waals surface area contributed by atoms with Gasteiger partial charge < -0.3 is 50.2 Å². The van der Waals surface area contributed by atoms with Gasteiger partial charge in [0.25, 0.3) is 0 Å². The highest BCUT2D eigenvalue weighted by atomic mass is 16.7. The van der Waals surface area contributed by atoms with Gasteiger partial charge in [0.05, 0.1) is 37.4 Å². The lowest BCUT2D eigenvalue weighted by Crippen LogP contribution is -2.74. The molecule has 7 N–H and O–H groups in total. The van der Waals surface area contributed by atoms with E-state index in [1.54, 1.807) is 0 Å². The number of carbonyl (C=O) groups is 1. The number of fused-ring (bicyclic) bond motifs is 3. The van der Waals surface area contributed by atoms with Gasteiger partial charge in [0.2, 0.25) is 0 Å². The van der Waals surface area contributed by atoms with Crippen molar-refractivity contribution in [3.63, 3.8) is 0 Å². The summed E-state index contributed by atoms with van der Waals surface area (Å²) in [7, 11) is 1.92. The molecule has 11 heteroatoms. The van der Waals surface area contributed by atoms with Gasteiger partial charge in [-0.05, 0) is 128 Å². The van der Waals surface area contributed by atoms with Crippen molar-refractivity contribution in [1.29, 1.82) is 0 Å². The molecule has 7 aliphatic rings. The number of hydrogen-bond acceptors (Lipinski definition) is 10. The van der Waals surface area contributed by atoms with Crippen LogP contribution in [0.25, 0.3) is 0 Å². The Morgan fingerprint density at radius 3 is 2.30 bits per heavy atom. The topological polar surface area (TPSA) is 178 Å². The lowest BCUT2D eigenvalue weighted by molar-refractivity contribution is -0.346. The molecule has 1 spiro atoms. The summed E-state index contributed by atoms with van der Waals surface area (Å²) < 4.78 is 19.6. The highest BCUT2D eigenvalue weighted by Gasteiger charge is 2.78. The third kappa shape index (κ3) is 5.87. The zero-order chi connectivity index (χ0) is 40.8. The Kier molecular flexibility index (Phi) is 10.7. The highest BCUT2D eigenvalue weighted by molar-refractivity contribution is 5.76. The summed E-state index contributed by atoms with van der Waals surface area (Å²) in [4.78, 5) is 13.3. The maximum atomic E-state index is 13.3. The monoisotopic (exact) mass is 795 g/mol. The maximum Gasteiger partial charge on any atom is 0.310 e. The average molecular weight is 796 g/mol.